The Balaban J connectivity index is 1.95. The maximum atomic E-state index is 12.7. The van der Waals surface area contributed by atoms with Crippen molar-refractivity contribution < 1.29 is 19.4 Å². The molecule has 5 nitrogen and oxygen atoms in total. The Morgan fingerprint density at radius 3 is 2.48 bits per heavy atom. The van der Waals surface area contributed by atoms with Gasteiger partial charge in [0.25, 0.3) is 5.91 Å². The minimum atomic E-state index is -1.05. The topological polar surface area (TPSA) is 68.5 Å². The minimum Gasteiger partial charge on any atom is -0.483 e. The van der Waals surface area contributed by atoms with Gasteiger partial charge in [-0.1, -0.05) is 35.9 Å². The fourth-order valence-corrected chi connectivity index (χ4v) is 3.12. The van der Waals surface area contributed by atoms with E-state index in [2.05, 4.69) is 0 Å². The van der Waals surface area contributed by atoms with E-state index in [1.165, 1.54) is 4.57 Å². The zero-order valence-corrected chi connectivity index (χ0v) is 14.4. The van der Waals surface area contributed by atoms with Crippen LogP contribution < -0.4 is 4.74 Å². The number of carboxylic acid groups (broad SMARTS) is 1. The van der Waals surface area contributed by atoms with Crippen molar-refractivity contribution in [2.45, 2.75) is 20.8 Å². The molecule has 25 heavy (non-hydrogen) atoms. The number of rotatable bonds is 4. The summed E-state index contributed by atoms with van der Waals surface area (Å²) in [6.07, 6.45) is 0. The number of hydrogen-bond donors (Lipinski definition) is 1. The summed E-state index contributed by atoms with van der Waals surface area (Å²) in [5.41, 5.74) is 3.20. The fourth-order valence-electron chi connectivity index (χ4n) is 3.12. The molecule has 3 aromatic rings. The third-order valence-electron chi connectivity index (χ3n) is 4.26. The monoisotopic (exact) mass is 337 g/mol. The smallest absolute Gasteiger partial charge is 0.338 e. The predicted molar refractivity (Wildman–Crippen MR) is 95.7 cm³/mol. The summed E-state index contributed by atoms with van der Waals surface area (Å²) in [7, 11) is 0. The van der Waals surface area contributed by atoms with Crippen molar-refractivity contribution in [2.24, 2.45) is 0 Å². The molecule has 1 aromatic heterocycles. The lowest BCUT2D eigenvalue weighted by atomic mass is 10.1. The first kappa shape index (κ1) is 16.8. The highest BCUT2D eigenvalue weighted by molar-refractivity contribution is 6.08. The average molecular weight is 337 g/mol. The lowest BCUT2D eigenvalue weighted by molar-refractivity contribution is 0.0698. The van der Waals surface area contributed by atoms with Crippen LogP contribution in [0.5, 0.6) is 5.75 Å². The van der Waals surface area contributed by atoms with Crippen LogP contribution in [0.15, 0.2) is 42.5 Å². The third kappa shape index (κ3) is 3.01. The summed E-state index contributed by atoms with van der Waals surface area (Å²) < 4.78 is 7.08. The van der Waals surface area contributed by atoms with Gasteiger partial charge in [-0.3, -0.25) is 9.36 Å². The second-order valence-corrected chi connectivity index (χ2v) is 6.07. The number of aromatic nitrogens is 1. The Bertz CT molecular complexity index is 985. The van der Waals surface area contributed by atoms with Crippen LogP contribution in [0.3, 0.4) is 0 Å². The third-order valence-corrected chi connectivity index (χ3v) is 4.26. The summed E-state index contributed by atoms with van der Waals surface area (Å²) in [6, 6.07) is 12.7. The Morgan fingerprint density at radius 2 is 1.80 bits per heavy atom. The number of hydrogen-bond acceptors (Lipinski definition) is 3. The summed E-state index contributed by atoms with van der Waals surface area (Å²) in [5, 5.41) is 10.0. The molecule has 0 aliphatic carbocycles. The number of carboxylic acids is 1. The molecule has 0 spiro atoms. The average Bonchev–Trinajstić information content (AvgIpc) is 2.85. The van der Waals surface area contributed by atoms with E-state index in [-0.39, 0.29) is 18.1 Å². The van der Waals surface area contributed by atoms with Crippen molar-refractivity contribution in [3.63, 3.8) is 0 Å². The second kappa shape index (κ2) is 6.43. The lowest BCUT2D eigenvalue weighted by Gasteiger charge is -2.11. The van der Waals surface area contributed by atoms with Crippen molar-refractivity contribution in [3.8, 4) is 5.75 Å². The van der Waals surface area contributed by atoms with Gasteiger partial charge in [0, 0.05) is 11.1 Å². The largest absolute Gasteiger partial charge is 0.483 e. The maximum absolute atomic E-state index is 12.7. The van der Waals surface area contributed by atoms with Gasteiger partial charge in [-0.15, -0.1) is 0 Å². The highest BCUT2D eigenvalue weighted by Gasteiger charge is 2.22. The molecule has 2 aromatic carbocycles. The Kier molecular flexibility index (Phi) is 4.31. The van der Waals surface area contributed by atoms with Gasteiger partial charge in [0.2, 0.25) is 0 Å². The first-order valence-electron chi connectivity index (χ1n) is 7.96. The number of carbonyl (C=O) groups is 2. The van der Waals surface area contributed by atoms with Crippen LogP contribution in [0.1, 0.15) is 32.0 Å². The Labute approximate surface area is 145 Å². The van der Waals surface area contributed by atoms with Crippen molar-refractivity contribution >= 4 is 22.8 Å². The number of benzene rings is 2. The maximum Gasteiger partial charge on any atom is 0.338 e. The zero-order valence-electron chi connectivity index (χ0n) is 14.4. The quantitative estimate of drug-likeness (QED) is 0.782. The lowest BCUT2D eigenvalue weighted by Crippen LogP contribution is -2.21. The van der Waals surface area contributed by atoms with E-state index in [0.717, 1.165) is 11.1 Å². The first-order valence-corrected chi connectivity index (χ1v) is 7.96. The van der Waals surface area contributed by atoms with Gasteiger partial charge in [-0.2, -0.15) is 0 Å². The molecule has 0 fully saturated rings. The van der Waals surface area contributed by atoms with E-state index < -0.39 is 5.97 Å². The number of nitrogens with zero attached hydrogens (tertiary/aromatic N) is 1. The van der Waals surface area contributed by atoms with Crippen molar-refractivity contribution in [2.75, 3.05) is 6.61 Å². The summed E-state index contributed by atoms with van der Waals surface area (Å²) >= 11 is 0. The molecule has 0 saturated heterocycles. The van der Waals surface area contributed by atoms with E-state index in [4.69, 9.17) is 4.74 Å². The van der Waals surface area contributed by atoms with Gasteiger partial charge >= 0.3 is 5.97 Å². The molecule has 1 heterocycles. The van der Waals surface area contributed by atoms with Gasteiger partial charge in [0.05, 0.1) is 11.1 Å². The summed E-state index contributed by atoms with van der Waals surface area (Å²) in [6.45, 7) is 5.39. The second-order valence-electron chi connectivity index (χ2n) is 6.07. The van der Waals surface area contributed by atoms with E-state index in [9.17, 15) is 14.7 Å². The van der Waals surface area contributed by atoms with Crippen LogP contribution in [0, 0.1) is 20.8 Å². The summed E-state index contributed by atoms with van der Waals surface area (Å²) in [5.74, 6) is -0.705. The standard InChI is InChI=1S/C20H19NO4/c1-12-8-9-17(13(2)10-12)25-11-18(22)21-14(3)19(20(23)24)15-6-4-5-7-16(15)21/h4-10H,11H2,1-3H3,(H,23,24). The van der Waals surface area contributed by atoms with Gasteiger partial charge < -0.3 is 9.84 Å². The van der Waals surface area contributed by atoms with E-state index in [1.807, 2.05) is 32.0 Å². The van der Waals surface area contributed by atoms with Gasteiger partial charge in [-0.25, -0.2) is 4.79 Å². The van der Waals surface area contributed by atoms with Crippen LogP contribution in [0.4, 0.5) is 0 Å². The normalized spacial score (nSPS) is 10.8. The molecule has 0 radical (unpaired) electrons. The Morgan fingerprint density at radius 1 is 1.08 bits per heavy atom. The van der Waals surface area contributed by atoms with Crippen molar-refractivity contribution in [1.82, 2.24) is 4.57 Å². The molecule has 3 rings (SSSR count). The van der Waals surface area contributed by atoms with Crippen LogP contribution in [0.2, 0.25) is 0 Å². The van der Waals surface area contributed by atoms with Gasteiger partial charge in [-0.05, 0) is 38.5 Å². The van der Waals surface area contributed by atoms with Crippen LogP contribution in [-0.2, 0) is 0 Å². The number of aryl methyl sites for hydroxylation is 2. The number of para-hydroxylation sites is 1. The summed E-state index contributed by atoms with van der Waals surface area (Å²) in [4.78, 5) is 24.3. The molecular weight excluding hydrogens is 318 g/mol. The highest BCUT2D eigenvalue weighted by atomic mass is 16.5. The molecule has 0 unspecified atom stereocenters. The van der Waals surface area contributed by atoms with E-state index in [0.29, 0.717) is 22.3 Å². The molecule has 0 saturated carbocycles. The number of ether oxygens (including phenoxy) is 1. The molecule has 0 amide bonds. The molecule has 5 heteroatoms. The molecule has 1 N–H and O–H groups in total. The van der Waals surface area contributed by atoms with Crippen molar-refractivity contribution in [1.29, 1.82) is 0 Å². The van der Waals surface area contributed by atoms with Crippen LogP contribution in [0.25, 0.3) is 10.9 Å². The number of aromatic carboxylic acids is 1. The van der Waals surface area contributed by atoms with Gasteiger partial charge in [0.15, 0.2) is 6.61 Å². The first-order chi connectivity index (χ1) is 11.9. The molecular formula is C20H19NO4. The molecule has 0 atom stereocenters. The van der Waals surface area contributed by atoms with Crippen LogP contribution >= 0.6 is 0 Å². The molecule has 0 aliphatic heterocycles. The van der Waals surface area contributed by atoms with Crippen LogP contribution in [-0.4, -0.2) is 28.2 Å². The fraction of sp³-hybridized carbons (Fsp3) is 0.200. The number of fused-ring (bicyclic) bond motifs is 1. The molecule has 0 bridgehead atoms. The molecule has 128 valence electrons. The predicted octanol–water partition coefficient (Wildman–Crippen LogP) is 3.98. The highest BCUT2D eigenvalue weighted by Crippen LogP contribution is 2.26. The number of carbonyl (C=O) groups excluding carboxylic acids is 1. The zero-order chi connectivity index (χ0) is 18.1. The van der Waals surface area contributed by atoms with Crippen molar-refractivity contribution in [3.05, 3.63) is 64.8 Å². The van der Waals surface area contributed by atoms with Gasteiger partial charge in [0.1, 0.15) is 5.75 Å². The minimum absolute atomic E-state index is 0.149. The molecule has 0 aliphatic rings. The SMILES string of the molecule is Cc1ccc(OCC(=O)n2c(C)c(C(=O)O)c3ccccc32)c(C)c1. The van der Waals surface area contributed by atoms with E-state index >= 15 is 0 Å². The van der Waals surface area contributed by atoms with E-state index in [1.54, 1.807) is 31.2 Å². The Hall–Kier alpha value is -3.08.